The van der Waals surface area contributed by atoms with Crippen molar-refractivity contribution in [1.29, 1.82) is 0 Å². The number of nitrogens with one attached hydrogen (secondary N) is 1. The highest BCUT2D eigenvalue weighted by Crippen LogP contribution is 2.25. The van der Waals surface area contributed by atoms with Crippen LogP contribution in [-0.2, 0) is 4.79 Å². The van der Waals surface area contributed by atoms with Crippen LogP contribution in [0.1, 0.15) is 10.4 Å². The van der Waals surface area contributed by atoms with Crippen LogP contribution in [0.3, 0.4) is 0 Å². The first-order valence-electron chi connectivity index (χ1n) is 7.73. The Hall–Kier alpha value is -2.31. The van der Waals surface area contributed by atoms with Crippen LogP contribution in [0.4, 0.5) is 11.5 Å². The Morgan fingerprint density at radius 1 is 1.08 bits per heavy atom. The second kappa shape index (κ2) is 7.72. The van der Waals surface area contributed by atoms with Gasteiger partial charge in [0.2, 0.25) is 6.41 Å². The lowest BCUT2D eigenvalue weighted by molar-refractivity contribution is -0.118. The number of aromatic nitrogens is 1. The molecule has 0 unspecified atom stereocenters. The fourth-order valence-electron chi connectivity index (χ4n) is 2.57. The van der Waals surface area contributed by atoms with Crippen molar-refractivity contribution in [1.82, 2.24) is 9.88 Å². The second-order valence-electron chi connectivity index (χ2n) is 5.61. The van der Waals surface area contributed by atoms with Crippen molar-refractivity contribution in [2.24, 2.45) is 0 Å². The van der Waals surface area contributed by atoms with Crippen molar-refractivity contribution in [2.45, 2.75) is 0 Å². The summed E-state index contributed by atoms with van der Waals surface area (Å²) in [6.45, 7) is 2.66. The zero-order valence-corrected chi connectivity index (χ0v) is 14.8. The summed E-state index contributed by atoms with van der Waals surface area (Å²) < 4.78 is 0. The number of nitrogens with zero attached hydrogens (tertiary/aromatic N) is 3. The van der Waals surface area contributed by atoms with E-state index in [1.165, 1.54) is 0 Å². The third-order valence-corrected chi connectivity index (χ3v) is 4.71. The molecule has 6 nitrogen and oxygen atoms in total. The molecule has 0 aliphatic carbocycles. The summed E-state index contributed by atoms with van der Waals surface area (Å²) >= 11 is 11.8. The summed E-state index contributed by atoms with van der Waals surface area (Å²) in [5, 5.41) is 3.60. The van der Waals surface area contributed by atoms with Gasteiger partial charge in [-0.15, -0.1) is 0 Å². The van der Waals surface area contributed by atoms with Gasteiger partial charge in [0.1, 0.15) is 5.82 Å². The topological polar surface area (TPSA) is 65.5 Å². The van der Waals surface area contributed by atoms with Gasteiger partial charge < -0.3 is 15.1 Å². The molecule has 1 aliphatic rings. The van der Waals surface area contributed by atoms with E-state index in [0.29, 0.717) is 53.3 Å². The normalized spacial score (nSPS) is 14.3. The maximum absolute atomic E-state index is 12.5. The first-order valence-corrected chi connectivity index (χ1v) is 8.49. The van der Waals surface area contributed by atoms with Crippen molar-refractivity contribution >= 4 is 47.0 Å². The molecule has 1 N–H and O–H groups in total. The number of piperazine rings is 1. The van der Waals surface area contributed by atoms with Crippen molar-refractivity contribution in [3.05, 3.63) is 52.1 Å². The largest absolute Gasteiger partial charge is 0.353 e. The van der Waals surface area contributed by atoms with E-state index in [-0.39, 0.29) is 5.91 Å². The Labute approximate surface area is 155 Å². The van der Waals surface area contributed by atoms with Crippen LogP contribution >= 0.6 is 23.2 Å². The van der Waals surface area contributed by atoms with Gasteiger partial charge in [-0.05, 0) is 30.3 Å². The molecule has 25 heavy (non-hydrogen) atoms. The molecule has 3 rings (SSSR count). The van der Waals surface area contributed by atoms with E-state index in [1.54, 1.807) is 41.4 Å². The number of hydrogen-bond donors (Lipinski definition) is 1. The van der Waals surface area contributed by atoms with Crippen LogP contribution in [0.5, 0.6) is 0 Å². The number of anilines is 2. The van der Waals surface area contributed by atoms with Crippen LogP contribution < -0.4 is 10.2 Å². The Bertz CT molecular complexity index is 792. The fourth-order valence-corrected chi connectivity index (χ4v) is 2.86. The predicted molar refractivity (Wildman–Crippen MR) is 98.5 cm³/mol. The highest BCUT2D eigenvalue weighted by atomic mass is 35.5. The first kappa shape index (κ1) is 17.5. The second-order valence-corrected chi connectivity index (χ2v) is 6.43. The standard InChI is InChI=1S/C17H16Cl2N4O2/c18-14-2-1-13(10-15(14)19)21-17(25)12-3-4-20-16(9-12)23-7-5-22(11-24)6-8-23/h1-4,9-11H,5-8H2,(H,21,25). The zero-order valence-electron chi connectivity index (χ0n) is 13.3. The summed E-state index contributed by atoms with van der Waals surface area (Å²) in [6.07, 6.45) is 2.46. The Morgan fingerprint density at radius 3 is 2.52 bits per heavy atom. The van der Waals surface area contributed by atoms with E-state index in [0.717, 1.165) is 6.41 Å². The van der Waals surface area contributed by atoms with Crippen LogP contribution in [0, 0.1) is 0 Å². The molecule has 0 saturated carbocycles. The van der Waals surface area contributed by atoms with Crippen LogP contribution in [-0.4, -0.2) is 48.4 Å². The lowest BCUT2D eigenvalue weighted by Gasteiger charge is -2.33. The number of benzene rings is 1. The smallest absolute Gasteiger partial charge is 0.255 e. The summed E-state index contributed by atoms with van der Waals surface area (Å²) in [5.41, 5.74) is 1.06. The number of halogens is 2. The number of hydrogen-bond acceptors (Lipinski definition) is 4. The van der Waals surface area contributed by atoms with E-state index in [2.05, 4.69) is 15.2 Å². The Morgan fingerprint density at radius 2 is 1.84 bits per heavy atom. The van der Waals surface area contributed by atoms with Crippen LogP contribution in [0.15, 0.2) is 36.5 Å². The molecular weight excluding hydrogens is 363 g/mol. The van der Waals surface area contributed by atoms with Gasteiger partial charge in [-0.25, -0.2) is 4.98 Å². The SMILES string of the molecule is O=CN1CCN(c2cc(C(=O)Nc3ccc(Cl)c(Cl)c3)ccn2)CC1. The van der Waals surface area contributed by atoms with Crippen LogP contribution in [0.2, 0.25) is 10.0 Å². The van der Waals surface area contributed by atoms with E-state index >= 15 is 0 Å². The van der Waals surface area contributed by atoms with Gasteiger partial charge >= 0.3 is 0 Å². The molecular formula is C17H16Cl2N4O2. The first-order chi connectivity index (χ1) is 12.1. The molecule has 2 heterocycles. The fraction of sp³-hybridized carbons (Fsp3) is 0.235. The third kappa shape index (κ3) is 4.21. The molecule has 0 spiro atoms. The highest BCUT2D eigenvalue weighted by molar-refractivity contribution is 6.42. The Kier molecular flexibility index (Phi) is 5.40. The number of carbonyl (C=O) groups is 2. The molecule has 1 aromatic carbocycles. The molecule has 0 radical (unpaired) electrons. The van der Waals surface area contributed by atoms with Crippen molar-refractivity contribution < 1.29 is 9.59 Å². The molecule has 2 aromatic rings. The minimum absolute atomic E-state index is 0.256. The van der Waals surface area contributed by atoms with Gasteiger partial charge in [0, 0.05) is 43.6 Å². The van der Waals surface area contributed by atoms with E-state index in [1.807, 2.05) is 0 Å². The average molecular weight is 379 g/mol. The van der Waals surface area contributed by atoms with Gasteiger partial charge in [0.25, 0.3) is 5.91 Å². The molecule has 1 aromatic heterocycles. The van der Waals surface area contributed by atoms with Crippen molar-refractivity contribution in [3.63, 3.8) is 0 Å². The summed E-state index contributed by atoms with van der Waals surface area (Å²) in [4.78, 5) is 31.3. The van der Waals surface area contributed by atoms with Gasteiger partial charge in [-0.1, -0.05) is 23.2 Å². The summed E-state index contributed by atoms with van der Waals surface area (Å²) in [5.74, 6) is 0.459. The Balaban J connectivity index is 1.71. The van der Waals surface area contributed by atoms with Gasteiger partial charge in [-0.3, -0.25) is 9.59 Å². The van der Waals surface area contributed by atoms with Gasteiger partial charge in [0.15, 0.2) is 0 Å². The predicted octanol–water partition coefficient (Wildman–Crippen LogP) is 2.92. The number of amides is 2. The maximum atomic E-state index is 12.5. The zero-order chi connectivity index (χ0) is 17.8. The third-order valence-electron chi connectivity index (χ3n) is 3.97. The lowest BCUT2D eigenvalue weighted by Crippen LogP contribution is -2.46. The van der Waals surface area contributed by atoms with Gasteiger partial charge in [-0.2, -0.15) is 0 Å². The quantitative estimate of drug-likeness (QED) is 0.830. The van der Waals surface area contributed by atoms with E-state index < -0.39 is 0 Å². The van der Waals surface area contributed by atoms with Crippen molar-refractivity contribution in [3.8, 4) is 0 Å². The lowest BCUT2D eigenvalue weighted by atomic mass is 10.2. The van der Waals surface area contributed by atoms with E-state index in [4.69, 9.17) is 23.2 Å². The molecule has 0 bridgehead atoms. The highest BCUT2D eigenvalue weighted by Gasteiger charge is 2.18. The summed E-state index contributed by atoms with van der Waals surface area (Å²) in [7, 11) is 0. The number of pyridine rings is 1. The van der Waals surface area contributed by atoms with Crippen LogP contribution in [0.25, 0.3) is 0 Å². The van der Waals surface area contributed by atoms with E-state index in [9.17, 15) is 9.59 Å². The molecule has 1 saturated heterocycles. The maximum Gasteiger partial charge on any atom is 0.255 e. The minimum atomic E-state index is -0.256. The number of carbonyl (C=O) groups excluding carboxylic acids is 2. The molecule has 130 valence electrons. The molecule has 0 atom stereocenters. The molecule has 8 heteroatoms. The molecule has 1 aliphatic heterocycles. The van der Waals surface area contributed by atoms with Gasteiger partial charge in [0.05, 0.1) is 10.0 Å². The average Bonchev–Trinajstić information content (AvgIpc) is 2.65. The molecule has 2 amide bonds. The molecule has 1 fully saturated rings. The van der Waals surface area contributed by atoms with Crippen molar-refractivity contribution in [2.75, 3.05) is 36.4 Å². The number of rotatable bonds is 4. The monoisotopic (exact) mass is 378 g/mol. The minimum Gasteiger partial charge on any atom is -0.353 e. The summed E-state index contributed by atoms with van der Waals surface area (Å²) in [6, 6.07) is 8.31.